The zero-order chi connectivity index (χ0) is 13.3. The van der Waals surface area contributed by atoms with Gasteiger partial charge in [0.25, 0.3) is 0 Å². The third kappa shape index (κ3) is 2.58. The molecule has 5 heteroatoms. The maximum atomic E-state index is 10.8. The molecule has 0 bridgehead atoms. The van der Waals surface area contributed by atoms with Gasteiger partial charge in [-0.3, -0.25) is 0 Å². The number of anilines is 1. The van der Waals surface area contributed by atoms with Gasteiger partial charge < -0.3 is 10.0 Å². The highest BCUT2D eigenvalue weighted by Crippen LogP contribution is 2.31. The quantitative estimate of drug-likeness (QED) is 0.896. The van der Waals surface area contributed by atoms with Crippen molar-refractivity contribution in [3.8, 4) is 0 Å². The van der Waals surface area contributed by atoms with Crippen molar-refractivity contribution in [1.82, 2.24) is 4.98 Å². The van der Waals surface area contributed by atoms with Gasteiger partial charge in [-0.1, -0.05) is 18.5 Å². The number of nitrogens with zero attached hydrogens (tertiary/aromatic N) is 2. The zero-order valence-electron chi connectivity index (χ0n) is 10.6. The van der Waals surface area contributed by atoms with Gasteiger partial charge in [-0.25, -0.2) is 9.78 Å². The topological polar surface area (TPSA) is 53.4 Å². The van der Waals surface area contributed by atoms with E-state index in [4.69, 9.17) is 16.7 Å². The van der Waals surface area contributed by atoms with Gasteiger partial charge in [-0.05, 0) is 31.7 Å². The summed E-state index contributed by atoms with van der Waals surface area (Å²) in [7, 11) is 0. The van der Waals surface area contributed by atoms with Gasteiger partial charge in [0, 0.05) is 18.8 Å². The molecule has 2 heterocycles. The normalized spacial score (nSPS) is 24.1. The van der Waals surface area contributed by atoms with E-state index in [9.17, 15) is 4.79 Å². The Hall–Kier alpha value is -1.29. The van der Waals surface area contributed by atoms with Crippen molar-refractivity contribution in [3.63, 3.8) is 0 Å². The van der Waals surface area contributed by atoms with Gasteiger partial charge >= 0.3 is 5.97 Å². The monoisotopic (exact) mass is 268 g/mol. The van der Waals surface area contributed by atoms with Crippen LogP contribution in [0.4, 0.5) is 5.82 Å². The molecule has 2 unspecified atom stereocenters. The van der Waals surface area contributed by atoms with Crippen LogP contribution in [0.2, 0.25) is 5.02 Å². The summed E-state index contributed by atoms with van der Waals surface area (Å²) in [4.78, 5) is 17.2. The first-order valence-electron chi connectivity index (χ1n) is 6.14. The lowest BCUT2D eigenvalue weighted by molar-refractivity contribution is 0.0696. The van der Waals surface area contributed by atoms with Crippen LogP contribution in [0.1, 0.15) is 37.0 Å². The van der Waals surface area contributed by atoms with E-state index in [1.165, 1.54) is 18.7 Å². The fraction of sp³-hybridized carbons (Fsp3) is 0.538. The van der Waals surface area contributed by atoms with Crippen molar-refractivity contribution in [2.75, 3.05) is 11.4 Å². The first-order chi connectivity index (χ1) is 8.49. The second kappa shape index (κ2) is 5.14. The predicted molar refractivity (Wildman–Crippen MR) is 71.4 cm³/mol. The summed E-state index contributed by atoms with van der Waals surface area (Å²) >= 11 is 6.15. The number of pyridine rings is 1. The molecule has 0 aliphatic carbocycles. The molecule has 1 fully saturated rings. The molecule has 0 spiro atoms. The molecule has 2 rings (SSSR count). The minimum absolute atomic E-state index is 0.126. The number of aromatic carboxylic acids is 1. The number of piperidine rings is 1. The number of halogens is 1. The number of aromatic nitrogens is 1. The lowest BCUT2D eigenvalue weighted by Gasteiger charge is -2.38. The molecular weight excluding hydrogens is 252 g/mol. The number of hydrogen-bond donors (Lipinski definition) is 1. The van der Waals surface area contributed by atoms with E-state index in [0.29, 0.717) is 22.8 Å². The summed E-state index contributed by atoms with van der Waals surface area (Å²) in [5.41, 5.74) is 0.126. The fourth-order valence-electron chi connectivity index (χ4n) is 2.34. The SMILES string of the molecule is CC1CCC(C)N(c2ncc(C(=O)O)cc2Cl)C1. The summed E-state index contributed by atoms with van der Waals surface area (Å²) < 4.78 is 0. The van der Waals surface area contributed by atoms with Crippen LogP contribution in [-0.4, -0.2) is 28.6 Å². The Balaban J connectivity index is 2.30. The van der Waals surface area contributed by atoms with Crippen LogP contribution in [-0.2, 0) is 0 Å². The van der Waals surface area contributed by atoms with Gasteiger partial charge in [0.05, 0.1) is 10.6 Å². The Kier molecular flexibility index (Phi) is 3.76. The number of rotatable bonds is 2. The Labute approximate surface area is 112 Å². The molecule has 18 heavy (non-hydrogen) atoms. The van der Waals surface area contributed by atoms with Crippen LogP contribution in [0.15, 0.2) is 12.3 Å². The van der Waals surface area contributed by atoms with E-state index >= 15 is 0 Å². The van der Waals surface area contributed by atoms with Crippen LogP contribution in [0.3, 0.4) is 0 Å². The van der Waals surface area contributed by atoms with Gasteiger partial charge in [-0.2, -0.15) is 0 Å². The number of carbonyl (C=O) groups is 1. The molecule has 1 saturated heterocycles. The molecular formula is C13H17ClN2O2. The smallest absolute Gasteiger partial charge is 0.337 e. The van der Waals surface area contributed by atoms with Crippen molar-refractivity contribution >= 4 is 23.4 Å². The maximum Gasteiger partial charge on any atom is 0.337 e. The van der Waals surface area contributed by atoms with Crippen LogP contribution in [0.5, 0.6) is 0 Å². The summed E-state index contributed by atoms with van der Waals surface area (Å²) in [6, 6.07) is 1.86. The van der Waals surface area contributed by atoms with E-state index in [1.54, 1.807) is 0 Å². The van der Waals surface area contributed by atoms with Crippen LogP contribution in [0, 0.1) is 5.92 Å². The van der Waals surface area contributed by atoms with Crippen molar-refractivity contribution in [2.24, 2.45) is 5.92 Å². The van der Waals surface area contributed by atoms with Crippen molar-refractivity contribution in [1.29, 1.82) is 0 Å². The summed E-state index contributed by atoms with van der Waals surface area (Å²) in [6.45, 7) is 5.27. The Bertz CT molecular complexity index is 464. The van der Waals surface area contributed by atoms with Gasteiger partial charge in [-0.15, -0.1) is 0 Å². The predicted octanol–water partition coefficient (Wildman–Crippen LogP) is 3.06. The van der Waals surface area contributed by atoms with E-state index in [-0.39, 0.29) is 5.56 Å². The minimum atomic E-state index is -1.00. The van der Waals surface area contributed by atoms with Crippen LogP contribution >= 0.6 is 11.6 Å². The molecule has 1 aromatic rings. The van der Waals surface area contributed by atoms with Crippen molar-refractivity contribution in [3.05, 3.63) is 22.8 Å². The van der Waals surface area contributed by atoms with Gasteiger partial charge in [0.2, 0.25) is 0 Å². The molecule has 98 valence electrons. The van der Waals surface area contributed by atoms with Crippen molar-refractivity contribution in [2.45, 2.75) is 32.7 Å². The number of carboxylic acid groups (broad SMARTS) is 1. The highest BCUT2D eigenvalue weighted by molar-refractivity contribution is 6.33. The first kappa shape index (κ1) is 13.1. The van der Waals surface area contributed by atoms with Gasteiger partial charge in [0.1, 0.15) is 5.82 Å². The molecule has 0 radical (unpaired) electrons. The lowest BCUT2D eigenvalue weighted by Crippen LogP contribution is -2.41. The Morgan fingerprint density at radius 1 is 1.50 bits per heavy atom. The first-order valence-corrected chi connectivity index (χ1v) is 6.52. The summed E-state index contributed by atoms with van der Waals surface area (Å²) in [5.74, 6) is 0.301. The third-order valence-corrected chi connectivity index (χ3v) is 3.74. The molecule has 1 aliphatic rings. The second-order valence-corrected chi connectivity index (χ2v) is 5.43. The zero-order valence-corrected chi connectivity index (χ0v) is 11.3. The Morgan fingerprint density at radius 3 is 2.83 bits per heavy atom. The molecule has 2 atom stereocenters. The number of carboxylic acids is 1. The van der Waals surface area contributed by atoms with E-state index < -0.39 is 5.97 Å². The minimum Gasteiger partial charge on any atom is -0.478 e. The van der Waals surface area contributed by atoms with Crippen LogP contribution in [0.25, 0.3) is 0 Å². The Morgan fingerprint density at radius 2 is 2.22 bits per heavy atom. The molecule has 4 nitrogen and oxygen atoms in total. The van der Waals surface area contributed by atoms with Crippen molar-refractivity contribution < 1.29 is 9.90 Å². The summed E-state index contributed by atoms with van der Waals surface area (Å²) in [5, 5.41) is 9.31. The highest BCUT2D eigenvalue weighted by Gasteiger charge is 2.25. The van der Waals surface area contributed by atoms with Gasteiger partial charge in [0.15, 0.2) is 0 Å². The summed E-state index contributed by atoms with van der Waals surface area (Å²) in [6.07, 6.45) is 3.69. The van der Waals surface area contributed by atoms with E-state index in [1.807, 2.05) is 0 Å². The molecule has 0 saturated carbocycles. The van der Waals surface area contributed by atoms with E-state index in [2.05, 4.69) is 23.7 Å². The highest BCUT2D eigenvalue weighted by atomic mass is 35.5. The molecule has 0 amide bonds. The second-order valence-electron chi connectivity index (χ2n) is 5.02. The third-order valence-electron chi connectivity index (χ3n) is 3.46. The number of hydrogen-bond acceptors (Lipinski definition) is 3. The lowest BCUT2D eigenvalue weighted by atomic mass is 9.95. The van der Waals surface area contributed by atoms with E-state index in [0.717, 1.165) is 13.0 Å². The standard InChI is InChI=1S/C13H17ClN2O2/c1-8-3-4-9(2)16(7-8)12-11(14)5-10(6-15-12)13(17)18/h5-6,8-9H,3-4,7H2,1-2H3,(H,17,18). The molecule has 1 aromatic heterocycles. The molecule has 1 aliphatic heterocycles. The van der Waals surface area contributed by atoms with Crippen LogP contribution < -0.4 is 4.90 Å². The average molecular weight is 269 g/mol. The fourth-order valence-corrected chi connectivity index (χ4v) is 2.62. The maximum absolute atomic E-state index is 10.8. The average Bonchev–Trinajstić information content (AvgIpc) is 2.32. The largest absolute Gasteiger partial charge is 0.478 e. The molecule has 0 aromatic carbocycles. The molecule has 1 N–H and O–H groups in total.